The molecular formula is C19H26ClN3O2. The predicted molar refractivity (Wildman–Crippen MR) is 99.4 cm³/mol. The van der Waals surface area contributed by atoms with Gasteiger partial charge in [-0.2, -0.15) is 5.10 Å². The highest BCUT2D eigenvalue weighted by molar-refractivity contribution is 6.31. The van der Waals surface area contributed by atoms with Crippen LogP contribution in [-0.4, -0.2) is 39.2 Å². The summed E-state index contributed by atoms with van der Waals surface area (Å²) in [6.45, 7) is 7.63. The summed E-state index contributed by atoms with van der Waals surface area (Å²) in [6.07, 6.45) is 3.42. The Kier molecular flexibility index (Phi) is 5.07. The van der Waals surface area contributed by atoms with Gasteiger partial charge in [-0.3, -0.25) is 9.89 Å². The molecule has 25 heavy (non-hydrogen) atoms. The maximum Gasteiger partial charge on any atom is 0.222 e. The molecule has 3 rings (SSSR count). The summed E-state index contributed by atoms with van der Waals surface area (Å²) in [5, 5.41) is 19.7. The molecular weight excluding hydrogens is 338 g/mol. The van der Waals surface area contributed by atoms with Gasteiger partial charge >= 0.3 is 0 Å². The van der Waals surface area contributed by atoms with Gasteiger partial charge in [0.05, 0.1) is 17.8 Å². The van der Waals surface area contributed by atoms with E-state index in [2.05, 4.69) is 24.0 Å². The number of nitrogens with zero attached hydrogens (tertiary/aromatic N) is 2. The summed E-state index contributed by atoms with van der Waals surface area (Å²) in [5.41, 5.74) is 1.30. The van der Waals surface area contributed by atoms with E-state index >= 15 is 0 Å². The maximum atomic E-state index is 11.9. The molecule has 1 saturated heterocycles. The van der Waals surface area contributed by atoms with Gasteiger partial charge in [0.2, 0.25) is 5.91 Å². The number of halogens is 1. The second kappa shape index (κ2) is 6.96. The highest BCUT2D eigenvalue weighted by atomic mass is 35.5. The fourth-order valence-electron chi connectivity index (χ4n) is 3.98. The third kappa shape index (κ3) is 3.40. The second-order valence-electron chi connectivity index (χ2n) is 7.56. The van der Waals surface area contributed by atoms with Gasteiger partial charge in [-0.25, -0.2) is 0 Å². The van der Waals surface area contributed by atoms with Crippen molar-refractivity contribution in [2.24, 2.45) is 11.3 Å². The van der Waals surface area contributed by atoms with Crippen LogP contribution in [0.1, 0.15) is 51.7 Å². The van der Waals surface area contributed by atoms with E-state index in [1.54, 1.807) is 6.20 Å². The Labute approximate surface area is 153 Å². The predicted octanol–water partition coefficient (Wildman–Crippen LogP) is 3.92. The molecule has 1 aromatic carbocycles. The first-order valence-corrected chi connectivity index (χ1v) is 9.30. The number of amides is 1. The van der Waals surface area contributed by atoms with Crippen LogP contribution in [0.25, 0.3) is 10.9 Å². The molecule has 1 fully saturated rings. The van der Waals surface area contributed by atoms with Crippen LogP contribution in [0.5, 0.6) is 0 Å². The topological polar surface area (TPSA) is 69.2 Å². The Bertz CT molecular complexity index is 763. The molecule has 0 radical (unpaired) electrons. The van der Waals surface area contributed by atoms with Gasteiger partial charge in [-0.15, -0.1) is 0 Å². The summed E-state index contributed by atoms with van der Waals surface area (Å²) in [5.74, 6) is 0.547. The van der Waals surface area contributed by atoms with Crippen molar-refractivity contribution in [3.8, 4) is 0 Å². The van der Waals surface area contributed by atoms with Crippen molar-refractivity contribution in [2.75, 3.05) is 13.1 Å². The zero-order valence-electron chi connectivity index (χ0n) is 15.1. The fourth-order valence-corrected chi connectivity index (χ4v) is 4.22. The lowest BCUT2D eigenvalue weighted by Gasteiger charge is -2.43. The molecule has 1 aromatic heterocycles. The average molecular weight is 364 g/mol. The molecule has 1 unspecified atom stereocenters. The Morgan fingerprint density at radius 3 is 2.76 bits per heavy atom. The Hall–Kier alpha value is -1.59. The zero-order valence-corrected chi connectivity index (χ0v) is 15.8. The van der Waals surface area contributed by atoms with E-state index in [9.17, 15) is 9.90 Å². The molecule has 136 valence electrons. The highest BCUT2D eigenvalue weighted by Gasteiger charge is 2.40. The lowest BCUT2D eigenvalue weighted by Crippen LogP contribution is -2.43. The number of fused-ring (bicyclic) bond motifs is 1. The minimum Gasteiger partial charge on any atom is -0.388 e. The monoisotopic (exact) mass is 363 g/mol. The third-order valence-electron chi connectivity index (χ3n) is 5.75. The first kappa shape index (κ1) is 18.2. The van der Waals surface area contributed by atoms with Crippen LogP contribution in [-0.2, 0) is 4.79 Å². The molecule has 0 bridgehead atoms. The molecule has 0 spiro atoms. The fraction of sp³-hybridized carbons (Fsp3) is 0.579. The van der Waals surface area contributed by atoms with Crippen molar-refractivity contribution in [3.05, 3.63) is 28.9 Å². The summed E-state index contributed by atoms with van der Waals surface area (Å²) in [7, 11) is 0. The van der Waals surface area contributed by atoms with Crippen LogP contribution >= 0.6 is 11.6 Å². The normalized spacial score (nSPS) is 17.9. The lowest BCUT2D eigenvalue weighted by molar-refractivity contribution is -0.133. The van der Waals surface area contributed by atoms with Crippen molar-refractivity contribution in [1.29, 1.82) is 0 Å². The molecule has 2 N–H and O–H groups in total. The molecule has 2 aromatic rings. The van der Waals surface area contributed by atoms with E-state index < -0.39 is 6.10 Å². The standard InChI is InChI=1S/C19H26ClN3O2/c1-4-16(24)23-7-5-13(6-8-23)19(2,3)18(25)15-10-14(20)9-12-11-21-22-17(12)15/h9-11,13,18,25H,4-8H2,1-3H3,(H,21,22). The summed E-state index contributed by atoms with van der Waals surface area (Å²) >= 11 is 6.23. The number of carbonyl (C=O) groups excluding carboxylic acids is 1. The molecule has 1 atom stereocenters. The van der Waals surface area contributed by atoms with Crippen LogP contribution in [0.4, 0.5) is 0 Å². The van der Waals surface area contributed by atoms with Crippen LogP contribution in [0.15, 0.2) is 18.3 Å². The number of aliphatic hydroxyl groups excluding tert-OH is 1. The van der Waals surface area contributed by atoms with Gasteiger partial charge in [-0.1, -0.05) is 32.4 Å². The number of piperidine rings is 1. The summed E-state index contributed by atoms with van der Waals surface area (Å²) < 4.78 is 0. The van der Waals surface area contributed by atoms with Crippen LogP contribution in [0.3, 0.4) is 0 Å². The van der Waals surface area contributed by atoms with Crippen molar-refractivity contribution in [3.63, 3.8) is 0 Å². The Morgan fingerprint density at radius 1 is 1.44 bits per heavy atom. The first-order valence-electron chi connectivity index (χ1n) is 8.93. The van der Waals surface area contributed by atoms with Crippen molar-refractivity contribution in [2.45, 2.75) is 46.1 Å². The molecule has 2 heterocycles. The molecule has 5 nitrogen and oxygen atoms in total. The number of aromatic nitrogens is 2. The quantitative estimate of drug-likeness (QED) is 0.864. The van der Waals surface area contributed by atoms with E-state index in [0.29, 0.717) is 17.4 Å². The van der Waals surface area contributed by atoms with Gasteiger partial charge in [0.15, 0.2) is 0 Å². The minimum atomic E-state index is -0.660. The number of aliphatic hydroxyl groups is 1. The smallest absolute Gasteiger partial charge is 0.222 e. The van der Waals surface area contributed by atoms with Gasteiger partial charge < -0.3 is 10.0 Å². The molecule has 0 aliphatic carbocycles. The van der Waals surface area contributed by atoms with Crippen molar-refractivity contribution < 1.29 is 9.90 Å². The molecule has 0 saturated carbocycles. The summed E-state index contributed by atoms with van der Waals surface area (Å²) in [6, 6.07) is 3.67. The number of rotatable bonds is 4. The van der Waals surface area contributed by atoms with E-state index in [-0.39, 0.29) is 11.3 Å². The molecule has 6 heteroatoms. The Balaban J connectivity index is 1.82. The van der Waals surface area contributed by atoms with Gasteiger partial charge in [0.25, 0.3) is 0 Å². The number of benzene rings is 1. The number of H-pyrrole nitrogens is 1. The van der Waals surface area contributed by atoms with Crippen molar-refractivity contribution >= 4 is 28.4 Å². The number of aromatic amines is 1. The zero-order chi connectivity index (χ0) is 18.2. The maximum absolute atomic E-state index is 11.9. The lowest BCUT2D eigenvalue weighted by atomic mass is 9.68. The number of nitrogens with one attached hydrogen (secondary N) is 1. The number of hydrogen-bond acceptors (Lipinski definition) is 3. The number of likely N-dealkylation sites (tertiary alicyclic amines) is 1. The Morgan fingerprint density at radius 2 is 2.12 bits per heavy atom. The van der Waals surface area contributed by atoms with E-state index in [0.717, 1.165) is 42.4 Å². The van der Waals surface area contributed by atoms with E-state index in [4.69, 9.17) is 11.6 Å². The molecule has 1 amide bonds. The summed E-state index contributed by atoms with van der Waals surface area (Å²) in [4.78, 5) is 13.8. The van der Waals surface area contributed by atoms with Crippen LogP contribution < -0.4 is 0 Å². The van der Waals surface area contributed by atoms with Crippen LogP contribution in [0.2, 0.25) is 5.02 Å². The molecule has 1 aliphatic heterocycles. The average Bonchev–Trinajstić information content (AvgIpc) is 3.08. The molecule has 1 aliphatic rings. The van der Waals surface area contributed by atoms with Crippen LogP contribution in [0, 0.1) is 11.3 Å². The first-order chi connectivity index (χ1) is 11.8. The highest BCUT2D eigenvalue weighted by Crippen LogP contribution is 2.46. The minimum absolute atomic E-state index is 0.214. The number of hydrogen-bond donors (Lipinski definition) is 2. The second-order valence-corrected chi connectivity index (χ2v) is 8.00. The van der Waals surface area contributed by atoms with Gasteiger partial charge in [0.1, 0.15) is 0 Å². The largest absolute Gasteiger partial charge is 0.388 e. The van der Waals surface area contributed by atoms with Gasteiger partial charge in [0, 0.05) is 35.5 Å². The SMILES string of the molecule is CCC(=O)N1CCC(C(C)(C)C(O)c2cc(Cl)cc3cn[nH]c23)CC1. The van der Waals surface area contributed by atoms with E-state index in [1.807, 2.05) is 24.0 Å². The van der Waals surface area contributed by atoms with Gasteiger partial charge in [-0.05, 0) is 36.3 Å². The van der Waals surface area contributed by atoms with Crippen molar-refractivity contribution in [1.82, 2.24) is 15.1 Å². The van der Waals surface area contributed by atoms with E-state index in [1.165, 1.54) is 0 Å². The number of carbonyl (C=O) groups is 1. The third-order valence-corrected chi connectivity index (χ3v) is 5.96.